The van der Waals surface area contributed by atoms with Gasteiger partial charge in [0.05, 0.1) is 24.7 Å². The predicted molar refractivity (Wildman–Crippen MR) is 64.4 cm³/mol. The zero-order valence-corrected chi connectivity index (χ0v) is 10.3. The molecule has 0 atom stereocenters. The van der Waals surface area contributed by atoms with Crippen LogP contribution in [0.5, 0.6) is 0 Å². The summed E-state index contributed by atoms with van der Waals surface area (Å²) in [7, 11) is 0. The van der Waals surface area contributed by atoms with Gasteiger partial charge in [-0.3, -0.25) is 4.79 Å². The van der Waals surface area contributed by atoms with Crippen LogP contribution >= 0.6 is 11.6 Å². The predicted octanol–water partition coefficient (Wildman–Crippen LogP) is 1.78. The highest BCUT2D eigenvalue weighted by molar-refractivity contribution is 6.31. The highest BCUT2D eigenvalue weighted by Crippen LogP contribution is 2.23. The number of hydrogen-bond acceptors (Lipinski definition) is 4. The van der Waals surface area contributed by atoms with Crippen LogP contribution in [-0.2, 0) is 22.5 Å². The van der Waals surface area contributed by atoms with Crippen LogP contribution in [0.2, 0.25) is 5.02 Å². The number of halogens is 1. The first-order chi connectivity index (χ1) is 8.12. The first-order valence-corrected chi connectivity index (χ1v) is 5.57. The number of hydrogen-bond donors (Lipinski definition) is 1. The zero-order chi connectivity index (χ0) is 12.8. The third kappa shape index (κ3) is 3.45. The van der Waals surface area contributed by atoms with Gasteiger partial charge in [0.1, 0.15) is 0 Å². The molecule has 1 rings (SSSR count). The topological polar surface area (TPSA) is 76.1 Å². The van der Waals surface area contributed by atoms with E-state index in [1.165, 1.54) is 6.07 Å². The van der Waals surface area contributed by atoms with Crippen molar-refractivity contribution in [3.8, 4) is 6.07 Å². The monoisotopic (exact) mass is 252 g/mol. The fourth-order valence-corrected chi connectivity index (χ4v) is 1.80. The van der Waals surface area contributed by atoms with E-state index in [0.717, 1.165) is 0 Å². The van der Waals surface area contributed by atoms with Gasteiger partial charge in [0.25, 0.3) is 0 Å². The van der Waals surface area contributed by atoms with E-state index in [4.69, 9.17) is 27.3 Å². The average Bonchev–Trinajstić information content (AvgIpc) is 2.31. The summed E-state index contributed by atoms with van der Waals surface area (Å²) in [4.78, 5) is 11.4. The largest absolute Gasteiger partial charge is 0.466 e. The molecular weight excluding hydrogens is 240 g/mol. The van der Waals surface area contributed by atoms with Gasteiger partial charge in [0.2, 0.25) is 0 Å². The Morgan fingerprint density at radius 3 is 2.82 bits per heavy atom. The second-order valence-electron chi connectivity index (χ2n) is 3.39. The number of carbonyl (C=O) groups excluding carboxylic acids is 1. The maximum atomic E-state index is 11.4. The van der Waals surface area contributed by atoms with Gasteiger partial charge < -0.3 is 10.5 Å². The number of benzene rings is 1. The number of rotatable bonds is 4. The molecule has 2 N–H and O–H groups in total. The quantitative estimate of drug-likeness (QED) is 0.829. The van der Waals surface area contributed by atoms with Crippen LogP contribution in [-0.4, -0.2) is 12.6 Å². The van der Waals surface area contributed by atoms with Gasteiger partial charge in [0, 0.05) is 11.6 Å². The smallest absolute Gasteiger partial charge is 0.310 e. The molecule has 0 bridgehead atoms. The van der Waals surface area contributed by atoms with Crippen LogP contribution in [0.4, 0.5) is 0 Å². The molecule has 90 valence electrons. The second kappa shape index (κ2) is 6.24. The summed E-state index contributed by atoms with van der Waals surface area (Å²) in [6.45, 7) is 2.29. The molecule has 1 aromatic carbocycles. The molecule has 0 radical (unpaired) electrons. The van der Waals surface area contributed by atoms with Gasteiger partial charge in [-0.05, 0) is 30.2 Å². The van der Waals surface area contributed by atoms with Crippen LogP contribution in [0.15, 0.2) is 12.1 Å². The van der Waals surface area contributed by atoms with Crippen molar-refractivity contribution < 1.29 is 9.53 Å². The number of nitrogens with two attached hydrogens (primary N) is 1. The molecule has 0 saturated heterocycles. The number of ether oxygens (including phenoxy) is 1. The van der Waals surface area contributed by atoms with Crippen molar-refractivity contribution in [3.63, 3.8) is 0 Å². The Labute approximate surface area is 105 Å². The number of esters is 1. The minimum atomic E-state index is -0.353. The van der Waals surface area contributed by atoms with Crippen molar-refractivity contribution >= 4 is 17.6 Å². The molecule has 5 heteroatoms. The average molecular weight is 253 g/mol. The van der Waals surface area contributed by atoms with Crippen molar-refractivity contribution in [2.24, 2.45) is 5.73 Å². The van der Waals surface area contributed by atoms with Gasteiger partial charge >= 0.3 is 5.97 Å². The lowest BCUT2D eigenvalue weighted by Crippen LogP contribution is -2.11. The maximum Gasteiger partial charge on any atom is 0.310 e. The molecule has 0 aromatic heterocycles. The SMILES string of the molecule is CCOC(=O)Cc1c(Cl)cc(C#N)cc1CN. The van der Waals surface area contributed by atoms with Gasteiger partial charge in [-0.25, -0.2) is 0 Å². The minimum absolute atomic E-state index is 0.0743. The lowest BCUT2D eigenvalue weighted by atomic mass is 10.0. The second-order valence-corrected chi connectivity index (χ2v) is 3.80. The molecule has 0 fully saturated rings. The highest BCUT2D eigenvalue weighted by Gasteiger charge is 2.13. The Balaban J connectivity index is 3.06. The van der Waals surface area contributed by atoms with E-state index in [-0.39, 0.29) is 18.9 Å². The van der Waals surface area contributed by atoms with Crippen molar-refractivity contribution in [2.75, 3.05) is 6.61 Å². The van der Waals surface area contributed by atoms with E-state index in [1.54, 1.807) is 13.0 Å². The standard InChI is InChI=1S/C12H13ClN2O2/c1-2-17-12(16)5-10-9(7-15)3-8(6-14)4-11(10)13/h3-4H,2,5,7,15H2,1H3. The van der Waals surface area contributed by atoms with Gasteiger partial charge in [-0.2, -0.15) is 5.26 Å². The van der Waals surface area contributed by atoms with Crippen LogP contribution in [0.25, 0.3) is 0 Å². The highest BCUT2D eigenvalue weighted by atomic mass is 35.5. The van der Waals surface area contributed by atoms with E-state index < -0.39 is 0 Å². The van der Waals surface area contributed by atoms with Crippen molar-refractivity contribution in [1.82, 2.24) is 0 Å². The summed E-state index contributed by atoms with van der Waals surface area (Å²) in [5, 5.41) is 9.17. The lowest BCUT2D eigenvalue weighted by Gasteiger charge is -2.10. The molecular formula is C12H13ClN2O2. The van der Waals surface area contributed by atoms with Crippen molar-refractivity contribution in [2.45, 2.75) is 19.9 Å². The summed E-state index contributed by atoms with van der Waals surface area (Å²) >= 11 is 6.02. The Morgan fingerprint density at radius 1 is 1.59 bits per heavy atom. The van der Waals surface area contributed by atoms with Crippen molar-refractivity contribution in [1.29, 1.82) is 5.26 Å². The Kier molecular flexibility index (Phi) is 4.95. The molecule has 0 saturated carbocycles. The Morgan fingerprint density at radius 2 is 2.29 bits per heavy atom. The summed E-state index contributed by atoms with van der Waals surface area (Å²) < 4.78 is 4.85. The summed E-state index contributed by atoms with van der Waals surface area (Å²) in [5.74, 6) is -0.353. The van der Waals surface area contributed by atoms with Crippen LogP contribution in [0, 0.1) is 11.3 Å². The van der Waals surface area contributed by atoms with Gasteiger partial charge in [-0.1, -0.05) is 11.6 Å². The number of nitriles is 1. The minimum Gasteiger partial charge on any atom is -0.466 e. The maximum absolute atomic E-state index is 11.4. The fourth-order valence-electron chi connectivity index (χ4n) is 1.49. The molecule has 0 aliphatic carbocycles. The van der Waals surface area contributed by atoms with E-state index in [9.17, 15) is 4.79 Å². The Hall–Kier alpha value is -1.57. The molecule has 17 heavy (non-hydrogen) atoms. The molecule has 4 nitrogen and oxygen atoms in total. The zero-order valence-electron chi connectivity index (χ0n) is 9.50. The number of carbonyl (C=O) groups is 1. The van der Waals surface area contributed by atoms with Gasteiger partial charge in [-0.15, -0.1) is 0 Å². The third-order valence-corrected chi connectivity index (χ3v) is 2.60. The van der Waals surface area contributed by atoms with Crippen LogP contribution in [0.1, 0.15) is 23.6 Å². The molecule has 0 aliphatic rings. The molecule has 0 amide bonds. The molecule has 0 unspecified atom stereocenters. The summed E-state index contributed by atoms with van der Waals surface area (Å²) in [6, 6.07) is 5.15. The van der Waals surface area contributed by atoms with E-state index in [2.05, 4.69) is 0 Å². The molecule has 0 heterocycles. The first kappa shape index (κ1) is 13.5. The summed E-state index contributed by atoms with van der Waals surface area (Å²) in [6.07, 6.45) is 0.0743. The summed E-state index contributed by atoms with van der Waals surface area (Å²) in [5.41, 5.74) is 7.33. The normalized spacial score (nSPS) is 9.76. The first-order valence-electron chi connectivity index (χ1n) is 5.19. The molecule has 0 aliphatic heterocycles. The number of nitrogens with zero attached hydrogens (tertiary/aromatic N) is 1. The fraction of sp³-hybridized carbons (Fsp3) is 0.333. The van der Waals surface area contributed by atoms with Crippen LogP contribution in [0.3, 0.4) is 0 Å². The van der Waals surface area contributed by atoms with Crippen LogP contribution < -0.4 is 5.73 Å². The molecule has 0 spiro atoms. The van der Waals surface area contributed by atoms with E-state index >= 15 is 0 Å². The van der Waals surface area contributed by atoms with Crippen molar-refractivity contribution in [3.05, 3.63) is 33.8 Å². The lowest BCUT2D eigenvalue weighted by molar-refractivity contribution is -0.142. The third-order valence-electron chi connectivity index (χ3n) is 2.26. The van der Waals surface area contributed by atoms with Gasteiger partial charge in [0.15, 0.2) is 0 Å². The Bertz CT molecular complexity index is 466. The molecule has 1 aromatic rings. The van der Waals surface area contributed by atoms with E-state index in [1.807, 2.05) is 6.07 Å². The van der Waals surface area contributed by atoms with E-state index in [0.29, 0.717) is 28.3 Å².